The van der Waals surface area contributed by atoms with Gasteiger partial charge in [-0.1, -0.05) is 26.0 Å². The molecule has 0 unspecified atom stereocenters. The van der Waals surface area contributed by atoms with E-state index in [2.05, 4.69) is 25.2 Å². The summed E-state index contributed by atoms with van der Waals surface area (Å²) < 4.78 is 11.2. The van der Waals surface area contributed by atoms with Crippen LogP contribution in [0.15, 0.2) is 28.9 Å². The van der Waals surface area contributed by atoms with Crippen molar-refractivity contribution in [3.63, 3.8) is 0 Å². The topological polar surface area (TPSA) is 34.4 Å². The first-order valence-electron chi connectivity index (χ1n) is 7.05. The Hall–Kier alpha value is -1.48. The highest BCUT2D eigenvalue weighted by molar-refractivity contribution is 5.86. The maximum absolute atomic E-state index is 5.66. The molecule has 2 rings (SSSR count). The molecule has 0 saturated heterocycles. The summed E-state index contributed by atoms with van der Waals surface area (Å²) in [5, 5.41) is 4.62. The van der Waals surface area contributed by atoms with Gasteiger partial charge in [-0.05, 0) is 44.0 Å². The SMILES string of the molecule is CCOc1cccc2c(CCNCC(C)C)coc12. The van der Waals surface area contributed by atoms with E-state index < -0.39 is 0 Å². The van der Waals surface area contributed by atoms with Gasteiger partial charge in [-0.3, -0.25) is 0 Å². The summed E-state index contributed by atoms with van der Waals surface area (Å²) in [6.07, 6.45) is 2.83. The predicted molar refractivity (Wildman–Crippen MR) is 78.8 cm³/mol. The van der Waals surface area contributed by atoms with Crippen molar-refractivity contribution in [3.05, 3.63) is 30.0 Å². The quantitative estimate of drug-likeness (QED) is 0.773. The molecule has 3 nitrogen and oxygen atoms in total. The van der Waals surface area contributed by atoms with Crippen LogP contribution >= 0.6 is 0 Å². The normalized spacial score (nSPS) is 11.4. The highest BCUT2D eigenvalue weighted by Gasteiger charge is 2.10. The average molecular weight is 261 g/mol. The van der Waals surface area contributed by atoms with Crippen molar-refractivity contribution in [2.24, 2.45) is 5.92 Å². The molecule has 0 radical (unpaired) electrons. The fourth-order valence-corrected chi connectivity index (χ4v) is 2.16. The van der Waals surface area contributed by atoms with Crippen LogP contribution in [0.25, 0.3) is 11.0 Å². The van der Waals surface area contributed by atoms with Gasteiger partial charge in [0.05, 0.1) is 12.9 Å². The van der Waals surface area contributed by atoms with Crippen LogP contribution in [0.5, 0.6) is 5.75 Å². The molecule has 1 aromatic carbocycles. The molecule has 1 aromatic heterocycles. The second kappa shape index (κ2) is 6.62. The van der Waals surface area contributed by atoms with Crippen molar-refractivity contribution in [1.29, 1.82) is 0 Å². The summed E-state index contributed by atoms with van der Waals surface area (Å²) >= 11 is 0. The molecule has 104 valence electrons. The van der Waals surface area contributed by atoms with E-state index in [4.69, 9.17) is 9.15 Å². The van der Waals surface area contributed by atoms with Crippen molar-refractivity contribution in [2.45, 2.75) is 27.2 Å². The summed E-state index contributed by atoms with van der Waals surface area (Å²) in [4.78, 5) is 0. The number of fused-ring (bicyclic) bond motifs is 1. The monoisotopic (exact) mass is 261 g/mol. The molecule has 0 spiro atoms. The Labute approximate surface area is 114 Å². The molecule has 1 N–H and O–H groups in total. The van der Waals surface area contributed by atoms with Crippen molar-refractivity contribution in [2.75, 3.05) is 19.7 Å². The van der Waals surface area contributed by atoms with Crippen LogP contribution < -0.4 is 10.1 Å². The maximum atomic E-state index is 5.66. The van der Waals surface area contributed by atoms with Gasteiger partial charge < -0.3 is 14.5 Å². The molecule has 2 aromatic rings. The lowest BCUT2D eigenvalue weighted by Gasteiger charge is -2.06. The third-order valence-corrected chi connectivity index (χ3v) is 3.07. The van der Waals surface area contributed by atoms with E-state index in [0.717, 1.165) is 36.2 Å². The number of hydrogen-bond donors (Lipinski definition) is 1. The molecule has 19 heavy (non-hydrogen) atoms. The third kappa shape index (κ3) is 3.51. The van der Waals surface area contributed by atoms with Gasteiger partial charge in [0.1, 0.15) is 0 Å². The Morgan fingerprint density at radius 3 is 2.89 bits per heavy atom. The summed E-state index contributed by atoms with van der Waals surface area (Å²) in [5.41, 5.74) is 2.11. The second-order valence-electron chi connectivity index (χ2n) is 5.17. The number of ether oxygens (including phenoxy) is 1. The van der Waals surface area contributed by atoms with Crippen molar-refractivity contribution in [3.8, 4) is 5.75 Å². The van der Waals surface area contributed by atoms with E-state index in [1.807, 2.05) is 25.3 Å². The molecule has 0 aliphatic rings. The van der Waals surface area contributed by atoms with E-state index in [-0.39, 0.29) is 0 Å². The zero-order valence-corrected chi connectivity index (χ0v) is 12.0. The lowest BCUT2D eigenvalue weighted by molar-refractivity contribution is 0.338. The molecule has 0 fully saturated rings. The molecule has 0 atom stereocenters. The van der Waals surface area contributed by atoms with Crippen LogP contribution in [0.2, 0.25) is 0 Å². The fraction of sp³-hybridized carbons (Fsp3) is 0.500. The molecule has 0 saturated carbocycles. The van der Waals surface area contributed by atoms with Crippen LogP contribution in [0.1, 0.15) is 26.3 Å². The van der Waals surface area contributed by atoms with Crippen LogP contribution in [0.4, 0.5) is 0 Å². The Morgan fingerprint density at radius 1 is 1.32 bits per heavy atom. The number of hydrogen-bond acceptors (Lipinski definition) is 3. The van der Waals surface area contributed by atoms with Gasteiger partial charge in [-0.25, -0.2) is 0 Å². The van der Waals surface area contributed by atoms with Gasteiger partial charge in [-0.2, -0.15) is 0 Å². The summed E-state index contributed by atoms with van der Waals surface area (Å²) in [7, 11) is 0. The Kier molecular flexibility index (Phi) is 4.86. The molecular formula is C16H23NO2. The number of benzene rings is 1. The summed E-state index contributed by atoms with van der Waals surface area (Å²) in [6, 6.07) is 6.07. The molecule has 0 bridgehead atoms. The number of rotatable bonds is 7. The fourth-order valence-electron chi connectivity index (χ4n) is 2.16. The third-order valence-electron chi connectivity index (χ3n) is 3.07. The largest absolute Gasteiger partial charge is 0.490 e. The summed E-state index contributed by atoms with van der Waals surface area (Å²) in [5.74, 6) is 1.52. The van der Waals surface area contributed by atoms with E-state index in [9.17, 15) is 0 Å². The van der Waals surface area contributed by atoms with Crippen LogP contribution in [-0.2, 0) is 6.42 Å². The van der Waals surface area contributed by atoms with Crippen molar-refractivity contribution < 1.29 is 9.15 Å². The average Bonchev–Trinajstić information content (AvgIpc) is 2.79. The molecule has 0 amide bonds. The van der Waals surface area contributed by atoms with E-state index in [0.29, 0.717) is 12.5 Å². The van der Waals surface area contributed by atoms with E-state index in [1.54, 1.807) is 0 Å². The van der Waals surface area contributed by atoms with E-state index in [1.165, 1.54) is 5.56 Å². The van der Waals surface area contributed by atoms with Gasteiger partial charge in [0.2, 0.25) is 0 Å². The number of furan rings is 1. The van der Waals surface area contributed by atoms with Gasteiger partial charge in [0.25, 0.3) is 0 Å². The number of nitrogens with one attached hydrogen (secondary N) is 1. The minimum Gasteiger partial charge on any atom is -0.490 e. The zero-order valence-electron chi connectivity index (χ0n) is 12.0. The highest BCUT2D eigenvalue weighted by atomic mass is 16.5. The first-order chi connectivity index (χ1) is 9.22. The smallest absolute Gasteiger partial charge is 0.175 e. The molecule has 1 heterocycles. The summed E-state index contributed by atoms with van der Waals surface area (Å²) in [6.45, 7) is 9.11. The minimum absolute atomic E-state index is 0.658. The second-order valence-corrected chi connectivity index (χ2v) is 5.17. The Bertz CT molecular complexity index is 516. The first-order valence-corrected chi connectivity index (χ1v) is 7.05. The van der Waals surface area contributed by atoms with Crippen molar-refractivity contribution in [1.82, 2.24) is 5.32 Å². The number of para-hydroxylation sites is 1. The lowest BCUT2D eigenvalue weighted by Crippen LogP contribution is -2.21. The highest BCUT2D eigenvalue weighted by Crippen LogP contribution is 2.29. The lowest BCUT2D eigenvalue weighted by atomic mass is 10.1. The molecule has 0 aliphatic carbocycles. The Balaban J connectivity index is 2.06. The Morgan fingerprint density at radius 2 is 2.16 bits per heavy atom. The predicted octanol–water partition coefficient (Wildman–Crippen LogP) is 3.62. The first kappa shape index (κ1) is 13.9. The van der Waals surface area contributed by atoms with Gasteiger partial charge in [0, 0.05) is 5.39 Å². The van der Waals surface area contributed by atoms with Crippen molar-refractivity contribution >= 4 is 11.0 Å². The van der Waals surface area contributed by atoms with Gasteiger partial charge in [-0.15, -0.1) is 0 Å². The maximum Gasteiger partial charge on any atom is 0.175 e. The van der Waals surface area contributed by atoms with Crippen LogP contribution in [-0.4, -0.2) is 19.7 Å². The van der Waals surface area contributed by atoms with Gasteiger partial charge >= 0.3 is 0 Å². The zero-order chi connectivity index (χ0) is 13.7. The molecule has 0 aliphatic heterocycles. The molecular weight excluding hydrogens is 238 g/mol. The standard InChI is InChI=1S/C16H23NO2/c1-4-18-15-7-5-6-14-13(11-19-16(14)15)8-9-17-10-12(2)3/h5-7,11-12,17H,4,8-10H2,1-3H3. The molecule has 3 heteroatoms. The van der Waals surface area contributed by atoms with Crippen LogP contribution in [0.3, 0.4) is 0 Å². The minimum atomic E-state index is 0.658. The van der Waals surface area contributed by atoms with E-state index >= 15 is 0 Å². The van der Waals surface area contributed by atoms with Crippen LogP contribution in [0, 0.1) is 5.92 Å². The van der Waals surface area contributed by atoms with Gasteiger partial charge in [0.15, 0.2) is 11.3 Å².